The highest BCUT2D eigenvalue weighted by atomic mass is 16.5. The number of benzene rings is 1. The summed E-state index contributed by atoms with van der Waals surface area (Å²) in [4.78, 5) is 11.5. The zero-order valence-electron chi connectivity index (χ0n) is 10.2. The predicted molar refractivity (Wildman–Crippen MR) is 64.1 cm³/mol. The van der Waals surface area contributed by atoms with E-state index in [2.05, 4.69) is 5.32 Å². The Hall–Kier alpha value is -1.71. The van der Waals surface area contributed by atoms with E-state index < -0.39 is 0 Å². The van der Waals surface area contributed by atoms with Gasteiger partial charge in [0.15, 0.2) is 0 Å². The average Bonchev–Trinajstić information content (AvgIpc) is 3.10. The predicted octanol–water partition coefficient (Wildman–Crippen LogP) is 2.43. The first-order valence-corrected chi connectivity index (χ1v) is 5.80. The standard InChI is InChI=1S/C13H17NO3/c1-3-17-12(15)14-13(8-9-13)10-6-4-5-7-11(10)16-2/h4-7H,3,8-9H2,1-2H3,(H,14,15). The van der Waals surface area contributed by atoms with Gasteiger partial charge < -0.3 is 14.8 Å². The molecular formula is C13H17NO3. The quantitative estimate of drug-likeness (QED) is 0.871. The minimum atomic E-state index is -0.365. The summed E-state index contributed by atoms with van der Waals surface area (Å²) in [7, 11) is 1.64. The second-order valence-corrected chi connectivity index (χ2v) is 4.13. The van der Waals surface area contributed by atoms with E-state index >= 15 is 0 Å². The molecule has 0 heterocycles. The maximum absolute atomic E-state index is 11.5. The number of para-hydroxylation sites is 1. The molecule has 0 bridgehead atoms. The lowest BCUT2D eigenvalue weighted by Crippen LogP contribution is -2.35. The molecule has 1 amide bonds. The van der Waals surface area contributed by atoms with Crippen molar-refractivity contribution in [1.29, 1.82) is 0 Å². The van der Waals surface area contributed by atoms with E-state index in [0.29, 0.717) is 6.61 Å². The van der Waals surface area contributed by atoms with Gasteiger partial charge in [-0.25, -0.2) is 4.79 Å². The minimum Gasteiger partial charge on any atom is -0.496 e. The highest BCUT2D eigenvalue weighted by Crippen LogP contribution is 2.48. The minimum absolute atomic E-state index is 0.293. The van der Waals surface area contributed by atoms with Crippen LogP contribution in [0.5, 0.6) is 5.75 Å². The van der Waals surface area contributed by atoms with Crippen LogP contribution < -0.4 is 10.1 Å². The van der Waals surface area contributed by atoms with Crippen molar-refractivity contribution >= 4 is 6.09 Å². The van der Waals surface area contributed by atoms with E-state index in [1.807, 2.05) is 24.3 Å². The zero-order valence-corrected chi connectivity index (χ0v) is 10.2. The average molecular weight is 235 g/mol. The molecule has 0 spiro atoms. The van der Waals surface area contributed by atoms with Gasteiger partial charge in [-0.1, -0.05) is 18.2 Å². The number of ether oxygens (including phenoxy) is 2. The smallest absolute Gasteiger partial charge is 0.407 e. The number of hydrogen-bond acceptors (Lipinski definition) is 3. The molecule has 0 unspecified atom stereocenters. The van der Waals surface area contributed by atoms with Crippen LogP contribution in [0.15, 0.2) is 24.3 Å². The van der Waals surface area contributed by atoms with Gasteiger partial charge in [-0.3, -0.25) is 0 Å². The first-order chi connectivity index (χ1) is 8.22. The topological polar surface area (TPSA) is 47.6 Å². The largest absolute Gasteiger partial charge is 0.496 e. The summed E-state index contributed by atoms with van der Waals surface area (Å²) < 4.78 is 10.2. The van der Waals surface area contributed by atoms with Gasteiger partial charge in [0.1, 0.15) is 5.75 Å². The van der Waals surface area contributed by atoms with E-state index in [0.717, 1.165) is 24.2 Å². The van der Waals surface area contributed by atoms with Crippen LogP contribution in [0.1, 0.15) is 25.3 Å². The Morgan fingerprint density at radius 3 is 2.71 bits per heavy atom. The van der Waals surface area contributed by atoms with Crippen LogP contribution in [-0.4, -0.2) is 19.8 Å². The van der Waals surface area contributed by atoms with Gasteiger partial charge in [0.25, 0.3) is 0 Å². The Balaban J connectivity index is 2.18. The summed E-state index contributed by atoms with van der Waals surface area (Å²) in [6.45, 7) is 2.18. The maximum atomic E-state index is 11.5. The van der Waals surface area contributed by atoms with Crippen molar-refractivity contribution in [1.82, 2.24) is 5.32 Å². The Kier molecular flexibility index (Phi) is 3.22. The van der Waals surface area contributed by atoms with Crippen LogP contribution in [0.25, 0.3) is 0 Å². The summed E-state index contributed by atoms with van der Waals surface area (Å²) >= 11 is 0. The number of hydrogen-bond donors (Lipinski definition) is 1. The molecule has 0 saturated heterocycles. The van der Waals surface area contributed by atoms with Crippen LogP contribution in [0, 0.1) is 0 Å². The van der Waals surface area contributed by atoms with Crippen molar-refractivity contribution in [2.75, 3.05) is 13.7 Å². The third-order valence-corrected chi connectivity index (χ3v) is 2.99. The summed E-state index contributed by atoms with van der Waals surface area (Å²) in [6, 6.07) is 7.76. The fourth-order valence-corrected chi connectivity index (χ4v) is 1.99. The number of alkyl carbamates (subject to hydrolysis) is 1. The molecular weight excluding hydrogens is 218 g/mol. The van der Waals surface area contributed by atoms with E-state index in [9.17, 15) is 4.79 Å². The van der Waals surface area contributed by atoms with Gasteiger partial charge in [-0.2, -0.15) is 0 Å². The molecule has 1 N–H and O–H groups in total. The maximum Gasteiger partial charge on any atom is 0.407 e. The van der Waals surface area contributed by atoms with Gasteiger partial charge in [0, 0.05) is 5.56 Å². The van der Waals surface area contributed by atoms with E-state index in [1.165, 1.54) is 0 Å². The number of carbonyl (C=O) groups excluding carboxylic acids is 1. The van der Waals surface area contributed by atoms with Crippen LogP contribution >= 0.6 is 0 Å². The molecule has 92 valence electrons. The zero-order chi connectivity index (χ0) is 12.3. The van der Waals surface area contributed by atoms with Crippen molar-refractivity contribution in [2.45, 2.75) is 25.3 Å². The van der Waals surface area contributed by atoms with E-state index in [4.69, 9.17) is 9.47 Å². The highest BCUT2D eigenvalue weighted by molar-refractivity contribution is 5.70. The van der Waals surface area contributed by atoms with E-state index in [1.54, 1.807) is 14.0 Å². The van der Waals surface area contributed by atoms with Gasteiger partial charge in [-0.05, 0) is 25.8 Å². The number of carbonyl (C=O) groups is 1. The SMILES string of the molecule is CCOC(=O)NC1(c2ccccc2OC)CC1. The Morgan fingerprint density at radius 1 is 1.41 bits per heavy atom. The number of rotatable bonds is 4. The fraction of sp³-hybridized carbons (Fsp3) is 0.462. The lowest BCUT2D eigenvalue weighted by molar-refractivity contribution is 0.146. The second kappa shape index (κ2) is 4.65. The Morgan fingerprint density at radius 2 is 2.12 bits per heavy atom. The molecule has 0 radical (unpaired) electrons. The van der Waals surface area contributed by atoms with Gasteiger partial charge >= 0.3 is 6.09 Å². The fourth-order valence-electron chi connectivity index (χ4n) is 1.99. The molecule has 1 fully saturated rings. The summed E-state index contributed by atoms with van der Waals surface area (Å²) in [6.07, 6.45) is 1.48. The van der Waals surface area contributed by atoms with Crippen molar-refractivity contribution < 1.29 is 14.3 Å². The number of nitrogens with one attached hydrogen (secondary N) is 1. The monoisotopic (exact) mass is 235 g/mol. The second-order valence-electron chi connectivity index (χ2n) is 4.13. The Labute approximate surface area is 101 Å². The molecule has 0 aromatic heterocycles. The van der Waals surface area contributed by atoms with Crippen molar-refractivity contribution in [3.8, 4) is 5.75 Å². The lowest BCUT2D eigenvalue weighted by atomic mass is 10.0. The normalized spacial score (nSPS) is 16.1. The molecule has 1 aromatic rings. The molecule has 1 aliphatic carbocycles. The molecule has 1 aromatic carbocycles. The van der Waals surface area contributed by atoms with Crippen LogP contribution in [0.3, 0.4) is 0 Å². The summed E-state index contributed by atoms with van der Waals surface area (Å²) in [5.41, 5.74) is 0.731. The molecule has 4 heteroatoms. The van der Waals surface area contributed by atoms with Crippen molar-refractivity contribution in [2.24, 2.45) is 0 Å². The molecule has 4 nitrogen and oxygen atoms in total. The first kappa shape index (κ1) is 11.8. The number of amides is 1. The van der Waals surface area contributed by atoms with Crippen LogP contribution in [-0.2, 0) is 10.3 Å². The molecule has 1 saturated carbocycles. The van der Waals surface area contributed by atoms with Gasteiger partial charge in [0.2, 0.25) is 0 Å². The number of methoxy groups -OCH3 is 1. The third kappa shape index (κ3) is 2.35. The Bertz CT molecular complexity index is 413. The van der Waals surface area contributed by atoms with Crippen LogP contribution in [0.2, 0.25) is 0 Å². The van der Waals surface area contributed by atoms with Gasteiger partial charge in [-0.15, -0.1) is 0 Å². The first-order valence-electron chi connectivity index (χ1n) is 5.80. The van der Waals surface area contributed by atoms with Crippen molar-refractivity contribution in [3.63, 3.8) is 0 Å². The van der Waals surface area contributed by atoms with E-state index in [-0.39, 0.29) is 11.6 Å². The highest BCUT2D eigenvalue weighted by Gasteiger charge is 2.47. The van der Waals surface area contributed by atoms with Crippen molar-refractivity contribution in [3.05, 3.63) is 29.8 Å². The third-order valence-electron chi connectivity index (χ3n) is 2.99. The molecule has 2 rings (SSSR count). The summed E-state index contributed by atoms with van der Waals surface area (Å²) in [5.74, 6) is 0.807. The molecule has 17 heavy (non-hydrogen) atoms. The lowest BCUT2D eigenvalue weighted by Gasteiger charge is -2.19. The molecule has 0 atom stereocenters. The van der Waals surface area contributed by atoms with Crippen LogP contribution in [0.4, 0.5) is 4.79 Å². The summed E-state index contributed by atoms with van der Waals surface area (Å²) in [5, 5.41) is 2.92. The molecule has 1 aliphatic rings. The molecule has 0 aliphatic heterocycles. The van der Waals surface area contributed by atoms with Gasteiger partial charge in [0.05, 0.1) is 19.3 Å².